The Balaban J connectivity index is 1.93. The second-order valence-corrected chi connectivity index (χ2v) is 4.10. The highest BCUT2D eigenvalue weighted by Gasteiger charge is 2.15. The van der Waals surface area contributed by atoms with Gasteiger partial charge in [0.25, 0.3) is 5.91 Å². The molecule has 102 valence electrons. The van der Waals surface area contributed by atoms with Crippen molar-refractivity contribution in [3.05, 3.63) is 71.5 Å². The lowest BCUT2D eigenvalue weighted by molar-refractivity contribution is -0.129. The van der Waals surface area contributed by atoms with E-state index in [1.165, 1.54) is 30.5 Å². The molecule has 1 amide bonds. The van der Waals surface area contributed by atoms with Crippen molar-refractivity contribution in [3.8, 4) is 0 Å². The van der Waals surface area contributed by atoms with Crippen LogP contribution in [0.3, 0.4) is 0 Å². The van der Waals surface area contributed by atoms with Crippen LogP contribution in [-0.2, 0) is 4.79 Å². The van der Waals surface area contributed by atoms with Crippen LogP contribution in [0.15, 0.2) is 59.7 Å². The first-order valence-corrected chi connectivity index (χ1v) is 5.98. The molecule has 0 aliphatic rings. The fourth-order valence-electron chi connectivity index (χ4n) is 1.57. The van der Waals surface area contributed by atoms with Crippen molar-refractivity contribution in [2.45, 2.75) is 6.10 Å². The van der Waals surface area contributed by atoms with Gasteiger partial charge in [-0.1, -0.05) is 42.5 Å². The summed E-state index contributed by atoms with van der Waals surface area (Å²) in [7, 11) is 0. The Morgan fingerprint density at radius 1 is 1.15 bits per heavy atom. The molecule has 0 saturated carbocycles. The first kappa shape index (κ1) is 13.9. The van der Waals surface area contributed by atoms with E-state index in [9.17, 15) is 14.3 Å². The second kappa shape index (κ2) is 6.58. The van der Waals surface area contributed by atoms with Gasteiger partial charge in [-0.2, -0.15) is 5.10 Å². The van der Waals surface area contributed by atoms with Crippen LogP contribution >= 0.6 is 0 Å². The minimum absolute atomic E-state index is 0.342. The molecule has 5 heteroatoms. The minimum atomic E-state index is -1.28. The Kier molecular flexibility index (Phi) is 4.57. The third-order valence-corrected chi connectivity index (χ3v) is 2.62. The molecule has 0 aliphatic carbocycles. The van der Waals surface area contributed by atoms with Crippen molar-refractivity contribution >= 4 is 12.1 Å². The zero-order valence-electron chi connectivity index (χ0n) is 10.5. The standard InChI is InChI=1S/C15H13FN2O2/c16-13-8-6-11(7-9-13)10-17-18-15(20)14(19)12-4-2-1-3-5-12/h1-10,14,19H,(H,18,20). The average molecular weight is 272 g/mol. The topological polar surface area (TPSA) is 61.7 Å². The number of hydrogen-bond acceptors (Lipinski definition) is 3. The van der Waals surface area contributed by atoms with Crippen molar-refractivity contribution in [1.29, 1.82) is 0 Å². The lowest BCUT2D eigenvalue weighted by Crippen LogP contribution is -2.25. The number of carbonyl (C=O) groups is 1. The van der Waals surface area contributed by atoms with Crippen LogP contribution in [0.5, 0.6) is 0 Å². The first-order valence-electron chi connectivity index (χ1n) is 5.98. The number of hydrazone groups is 1. The highest BCUT2D eigenvalue weighted by atomic mass is 19.1. The molecule has 0 spiro atoms. The smallest absolute Gasteiger partial charge is 0.273 e. The monoisotopic (exact) mass is 272 g/mol. The van der Waals surface area contributed by atoms with Crippen LogP contribution in [0, 0.1) is 5.82 Å². The highest BCUT2D eigenvalue weighted by molar-refractivity contribution is 5.84. The summed E-state index contributed by atoms with van der Waals surface area (Å²) in [4.78, 5) is 11.7. The maximum absolute atomic E-state index is 12.7. The van der Waals surface area contributed by atoms with Crippen LogP contribution in [-0.4, -0.2) is 17.2 Å². The Morgan fingerprint density at radius 3 is 2.45 bits per heavy atom. The molecule has 4 nitrogen and oxygen atoms in total. The van der Waals surface area contributed by atoms with Gasteiger partial charge in [0, 0.05) is 0 Å². The van der Waals surface area contributed by atoms with Crippen LogP contribution in [0.2, 0.25) is 0 Å². The van der Waals surface area contributed by atoms with Crippen molar-refractivity contribution < 1.29 is 14.3 Å². The quantitative estimate of drug-likeness (QED) is 0.660. The molecule has 2 aromatic carbocycles. The number of carbonyl (C=O) groups excluding carboxylic acids is 1. The van der Waals surface area contributed by atoms with Gasteiger partial charge in [-0.15, -0.1) is 0 Å². The van der Waals surface area contributed by atoms with Gasteiger partial charge >= 0.3 is 0 Å². The average Bonchev–Trinajstić information content (AvgIpc) is 2.49. The zero-order chi connectivity index (χ0) is 14.4. The van der Waals surface area contributed by atoms with Gasteiger partial charge in [-0.05, 0) is 23.3 Å². The molecule has 0 aromatic heterocycles. The van der Waals surface area contributed by atoms with Gasteiger partial charge in [-0.3, -0.25) is 4.79 Å². The van der Waals surface area contributed by atoms with Crippen LogP contribution in [0.4, 0.5) is 4.39 Å². The van der Waals surface area contributed by atoms with E-state index in [-0.39, 0.29) is 5.82 Å². The van der Waals surface area contributed by atoms with Crippen molar-refractivity contribution in [1.82, 2.24) is 5.43 Å². The summed E-state index contributed by atoms with van der Waals surface area (Å²) in [5.41, 5.74) is 3.36. The number of halogens is 1. The fourth-order valence-corrected chi connectivity index (χ4v) is 1.57. The third-order valence-electron chi connectivity index (χ3n) is 2.62. The minimum Gasteiger partial charge on any atom is -0.378 e. The molecule has 0 aliphatic heterocycles. The molecule has 2 N–H and O–H groups in total. The van der Waals surface area contributed by atoms with Crippen molar-refractivity contribution in [3.63, 3.8) is 0 Å². The van der Waals surface area contributed by atoms with Crippen LogP contribution in [0.25, 0.3) is 0 Å². The summed E-state index contributed by atoms with van der Waals surface area (Å²) < 4.78 is 12.7. The van der Waals surface area contributed by atoms with Crippen molar-refractivity contribution in [2.75, 3.05) is 0 Å². The molecular formula is C15H13FN2O2. The summed E-state index contributed by atoms with van der Waals surface area (Å²) in [5, 5.41) is 13.5. The summed E-state index contributed by atoms with van der Waals surface area (Å²) in [5.74, 6) is -0.972. The Labute approximate surface area is 115 Å². The molecule has 0 radical (unpaired) electrons. The predicted octanol–water partition coefficient (Wildman–Crippen LogP) is 2.01. The van der Waals surface area contributed by atoms with E-state index in [0.29, 0.717) is 11.1 Å². The molecular weight excluding hydrogens is 259 g/mol. The SMILES string of the molecule is O=C(NN=Cc1ccc(F)cc1)C(O)c1ccccc1. The Bertz CT molecular complexity index is 597. The number of hydrogen-bond donors (Lipinski definition) is 2. The van der Waals surface area contributed by atoms with E-state index in [1.807, 2.05) is 0 Å². The van der Waals surface area contributed by atoms with Gasteiger partial charge < -0.3 is 5.11 Å². The Morgan fingerprint density at radius 2 is 1.80 bits per heavy atom. The van der Waals surface area contributed by atoms with Gasteiger partial charge in [0.2, 0.25) is 0 Å². The van der Waals surface area contributed by atoms with Gasteiger partial charge in [0.1, 0.15) is 5.82 Å². The molecule has 0 bridgehead atoms. The summed E-state index contributed by atoms with van der Waals surface area (Å²) in [6.07, 6.45) is 0.0938. The molecule has 20 heavy (non-hydrogen) atoms. The number of aliphatic hydroxyl groups is 1. The third kappa shape index (κ3) is 3.73. The number of rotatable bonds is 4. The zero-order valence-corrected chi connectivity index (χ0v) is 10.5. The number of aliphatic hydroxyl groups excluding tert-OH is 1. The molecule has 0 fully saturated rings. The fraction of sp³-hybridized carbons (Fsp3) is 0.0667. The maximum atomic E-state index is 12.7. The molecule has 1 unspecified atom stereocenters. The van der Waals surface area contributed by atoms with Crippen molar-refractivity contribution in [2.24, 2.45) is 5.10 Å². The van der Waals surface area contributed by atoms with Gasteiger partial charge in [-0.25, -0.2) is 9.82 Å². The summed E-state index contributed by atoms with van der Waals surface area (Å²) in [6.45, 7) is 0. The number of nitrogens with zero attached hydrogens (tertiary/aromatic N) is 1. The first-order chi connectivity index (χ1) is 9.66. The van der Waals surface area contributed by atoms with E-state index in [2.05, 4.69) is 10.5 Å². The number of nitrogens with one attached hydrogen (secondary N) is 1. The molecule has 1 atom stereocenters. The van der Waals surface area contributed by atoms with Crippen LogP contribution < -0.4 is 5.43 Å². The van der Waals surface area contributed by atoms with E-state index in [0.717, 1.165) is 0 Å². The van der Waals surface area contributed by atoms with E-state index < -0.39 is 12.0 Å². The highest BCUT2D eigenvalue weighted by Crippen LogP contribution is 2.11. The normalized spacial score (nSPS) is 12.3. The van der Waals surface area contributed by atoms with Gasteiger partial charge in [0.05, 0.1) is 6.21 Å². The lowest BCUT2D eigenvalue weighted by Gasteiger charge is -2.08. The van der Waals surface area contributed by atoms with Gasteiger partial charge in [0.15, 0.2) is 6.10 Å². The molecule has 0 heterocycles. The largest absolute Gasteiger partial charge is 0.378 e. The maximum Gasteiger partial charge on any atom is 0.273 e. The second-order valence-electron chi connectivity index (χ2n) is 4.10. The molecule has 0 saturated heterocycles. The number of amides is 1. The molecule has 2 aromatic rings. The summed E-state index contributed by atoms with van der Waals surface area (Å²) in [6, 6.07) is 14.2. The van der Waals surface area contributed by atoms with E-state index >= 15 is 0 Å². The van der Waals surface area contributed by atoms with E-state index in [1.54, 1.807) is 30.3 Å². The number of benzene rings is 2. The van der Waals surface area contributed by atoms with Crippen LogP contribution in [0.1, 0.15) is 17.2 Å². The van der Waals surface area contributed by atoms with E-state index in [4.69, 9.17) is 0 Å². The predicted molar refractivity (Wildman–Crippen MR) is 73.5 cm³/mol. The Hall–Kier alpha value is -2.53. The lowest BCUT2D eigenvalue weighted by atomic mass is 10.1. The molecule has 2 rings (SSSR count). The summed E-state index contributed by atoms with van der Waals surface area (Å²) >= 11 is 0.